The molecule has 9 heteroatoms. The summed E-state index contributed by atoms with van der Waals surface area (Å²) >= 11 is 7.06. The van der Waals surface area contributed by atoms with Gasteiger partial charge in [0.1, 0.15) is 0 Å². The highest BCUT2D eigenvalue weighted by atomic mass is 35.5. The van der Waals surface area contributed by atoms with Crippen LogP contribution in [0.1, 0.15) is 39.9 Å². The Morgan fingerprint density at radius 3 is 2.84 bits per heavy atom. The van der Waals surface area contributed by atoms with E-state index >= 15 is 0 Å². The van der Waals surface area contributed by atoms with Crippen molar-refractivity contribution in [3.63, 3.8) is 0 Å². The van der Waals surface area contributed by atoms with Crippen LogP contribution in [-0.2, 0) is 11.2 Å². The molecule has 0 saturated heterocycles. The van der Waals surface area contributed by atoms with Crippen molar-refractivity contribution in [2.45, 2.75) is 19.4 Å². The minimum atomic E-state index is -0.520. The molecule has 1 atom stereocenters. The summed E-state index contributed by atoms with van der Waals surface area (Å²) in [6.07, 6.45) is 0.566. The van der Waals surface area contributed by atoms with Crippen molar-refractivity contribution in [1.29, 1.82) is 0 Å². The van der Waals surface area contributed by atoms with E-state index in [1.165, 1.54) is 7.11 Å². The number of benzene rings is 1. The number of nitrogens with zero attached hydrogens (tertiary/aromatic N) is 3. The number of rotatable bonds is 6. The highest BCUT2D eigenvalue weighted by Crippen LogP contribution is 2.29. The summed E-state index contributed by atoms with van der Waals surface area (Å²) in [5.41, 5.74) is 1.09. The van der Waals surface area contributed by atoms with Crippen LogP contribution in [0.3, 0.4) is 0 Å². The lowest BCUT2D eigenvalue weighted by atomic mass is 10.1. The summed E-state index contributed by atoms with van der Waals surface area (Å²) in [5.74, 6) is 0.507. The lowest BCUT2D eigenvalue weighted by molar-refractivity contribution is 0.0606. The molecule has 3 aromatic rings. The summed E-state index contributed by atoms with van der Waals surface area (Å²) in [6.45, 7) is 1.87. The van der Waals surface area contributed by atoms with Crippen molar-refractivity contribution in [2.24, 2.45) is 0 Å². The maximum atomic E-state index is 11.6. The third-order valence-electron chi connectivity index (χ3n) is 3.37. The van der Waals surface area contributed by atoms with Crippen molar-refractivity contribution >= 4 is 34.0 Å². The van der Waals surface area contributed by atoms with Gasteiger partial charge in [-0.25, -0.2) is 9.78 Å². The normalized spacial score (nSPS) is 12.0. The molecule has 1 unspecified atom stereocenters. The van der Waals surface area contributed by atoms with Crippen molar-refractivity contribution in [1.82, 2.24) is 15.1 Å². The van der Waals surface area contributed by atoms with Gasteiger partial charge in [0.15, 0.2) is 21.0 Å². The van der Waals surface area contributed by atoms with Crippen LogP contribution in [0.25, 0.3) is 0 Å². The number of anilines is 1. The number of esters is 1. The molecular weight excluding hydrogens is 364 g/mol. The number of aromatic nitrogens is 3. The fourth-order valence-corrected chi connectivity index (χ4v) is 3.31. The Morgan fingerprint density at radius 1 is 1.36 bits per heavy atom. The SMILES string of the molecule is COC(=O)c1sc(NC(C)c2noc(Cc3ccccc3)n2)nc1Cl. The van der Waals surface area contributed by atoms with E-state index in [0.29, 0.717) is 23.3 Å². The number of carbonyl (C=O) groups excluding carboxylic acids is 1. The van der Waals surface area contributed by atoms with Crippen LogP contribution in [0.5, 0.6) is 0 Å². The van der Waals surface area contributed by atoms with Gasteiger partial charge in [0.25, 0.3) is 0 Å². The molecule has 0 aliphatic rings. The molecular formula is C16H15ClN4O3S. The van der Waals surface area contributed by atoms with Gasteiger partial charge < -0.3 is 14.6 Å². The van der Waals surface area contributed by atoms with Gasteiger partial charge in [-0.3, -0.25) is 0 Å². The zero-order valence-electron chi connectivity index (χ0n) is 13.5. The first-order valence-electron chi connectivity index (χ1n) is 7.44. The fourth-order valence-electron chi connectivity index (χ4n) is 2.12. The molecule has 0 aliphatic carbocycles. The Hall–Kier alpha value is -2.45. The summed E-state index contributed by atoms with van der Waals surface area (Å²) < 4.78 is 9.95. The largest absolute Gasteiger partial charge is 0.465 e. The number of hydrogen-bond acceptors (Lipinski definition) is 8. The molecule has 7 nitrogen and oxygen atoms in total. The molecule has 0 aliphatic heterocycles. The summed E-state index contributed by atoms with van der Waals surface area (Å²) in [7, 11) is 1.29. The van der Waals surface area contributed by atoms with Crippen LogP contribution in [0.15, 0.2) is 34.9 Å². The van der Waals surface area contributed by atoms with E-state index in [4.69, 9.17) is 16.1 Å². The highest BCUT2D eigenvalue weighted by molar-refractivity contribution is 7.18. The predicted molar refractivity (Wildman–Crippen MR) is 94.0 cm³/mol. The van der Waals surface area contributed by atoms with Gasteiger partial charge in [0, 0.05) is 0 Å². The van der Waals surface area contributed by atoms with Crippen molar-refractivity contribution < 1.29 is 14.1 Å². The summed E-state index contributed by atoms with van der Waals surface area (Å²) in [5, 5.41) is 7.68. The average Bonchev–Trinajstić information content (AvgIpc) is 3.22. The van der Waals surface area contributed by atoms with Gasteiger partial charge in [0.05, 0.1) is 19.6 Å². The van der Waals surface area contributed by atoms with Crippen molar-refractivity contribution in [3.05, 3.63) is 57.6 Å². The number of nitrogens with one attached hydrogen (secondary N) is 1. The molecule has 0 spiro atoms. The van der Waals surface area contributed by atoms with Gasteiger partial charge in [0.2, 0.25) is 5.89 Å². The van der Waals surface area contributed by atoms with E-state index in [9.17, 15) is 4.79 Å². The molecule has 25 heavy (non-hydrogen) atoms. The Morgan fingerprint density at radius 2 is 2.12 bits per heavy atom. The lowest BCUT2D eigenvalue weighted by Gasteiger charge is -2.07. The standard InChI is InChI=1S/C16H15ClN4O3S/c1-9(18-16-20-13(17)12(25-16)15(22)23-2)14-19-11(24-21-14)8-10-6-4-3-5-7-10/h3-7,9H,8H2,1-2H3,(H,18,20). The zero-order valence-corrected chi connectivity index (χ0v) is 15.1. The predicted octanol–water partition coefficient (Wildman–Crippen LogP) is 3.73. The van der Waals surface area contributed by atoms with E-state index in [2.05, 4.69) is 25.2 Å². The third kappa shape index (κ3) is 4.15. The second-order valence-electron chi connectivity index (χ2n) is 5.21. The molecule has 3 rings (SSSR count). The topological polar surface area (TPSA) is 90.1 Å². The molecule has 2 aromatic heterocycles. The molecule has 0 saturated carbocycles. The molecule has 0 amide bonds. The van der Waals surface area contributed by atoms with Crippen LogP contribution >= 0.6 is 22.9 Å². The van der Waals surface area contributed by atoms with Crippen molar-refractivity contribution in [2.75, 3.05) is 12.4 Å². The van der Waals surface area contributed by atoms with Crippen molar-refractivity contribution in [3.8, 4) is 0 Å². The highest BCUT2D eigenvalue weighted by Gasteiger charge is 2.20. The minimum Gasteiger partial charge on any atom is -0.465 e. The summed E-state index contributed by atoms with van der Waals surface area (Å²) in [4.78, 5) is 20.3. The van der Waals surface area contributed by atoms with Gasteiger partial charge in [-0.1, -0.05) is 58.4 Å². The number of hydrogen-bond donors (Lipinski definition) is 1. The van der Waals surface area contributed by atoms with Gasteiger partial charge in [-0.05, 0) is 12.5 Å². The number of halogens is 1. The van der Waals surface area contributed by atoms with E-state index in [1.54, 1.807) is 0 Å². The first-order valence-corrected chi connectivity index (χ1v) is 8.64. The third-order valence-corrected chi connectivity index (χ3v) is 4.72. The fraction of sp³-hybridized carbons (Fsp3) is 0.250. The number of ether oxygens (including phenoxy) is 1. The van der Waals surface area contributed by atoms with E-state index in [0.717, 1.165) is 16.9 Å². The van der Waals surface area contributed by atoms with Gasteiger partial charge in [-0.15, -0.1) is 0 Å². The summed E-state index contributed by atoms with van der Waals surface area (Å²) in [6, 6.07) is 9.61. The van der Waals surface area contributed by atoms with Gasteiger partial charge >= 0.3 is 5.97 Å². The Bertz CT molecular complexity index is 865. The smallest absolute Gasteiger partial charge is 0.351 e. The quantitative estimate of drug-likeness (QED) is 0.653. The number of methoxy groups -OCH3 is 1. The van der Waals surface area contributed by atoms with E-state index in [-0.39, 0.29) is 16.1 Å². The average molecular weight is 379 g/mol. The van der Waals surface area contributed by atoms with E-state index in [1.807, 2.05) is 37.3 Å². The number of thiazole rings is 1. The first-order chi connectivity index (χ1) is 12.1. The zero-order chi connectivity index (χ0) is 17.8. The van der Waals surface area contributed by atoms with Crippen LogP contribution in [0.2, 0.25) is 5.15 Å². The molecule has 0 bridgehead atoms. The van der Waals surface area contributed by atoms with Crippen LogP contribution in [0.4, 0.5) is 5.13 Å². The lowest BCUT2D eigenvalue weighted by Crippen LogP contribution is -2.08. The van der Waals surface area contributed by atoms with Gasteiger partial charge in [-0.2, -0.15) is 4.98 Å². The molecule has 0 fully saturated rings. The minimum absolute atomic E-state index is 0.101. The van der Waals surface area contributed by atoms with Crippen LogP contribution in [0, 0.1) is 0 Å². The van der Waals surface area contributed by atoms with Crippen LogP contribution in [-0.4, -0.2) is 28.2 Å². The Labute approximate surface area is 153 Å². The van der Waals surface area contributed by atoms with E-state index < -0.39 is 5.97 Å². The molecule has 130 valence electrons. The molecule has 2 heterocycles. The monoisotopic (exact) mass is 378 g/mol. The second-order valence-corrected chi connectivity index (χ2v) is 6.56. The van der Waals surface area contributed by atoms with Crippen LogP contribution < -0.4 is 5.32 Å². The second kappa shape index (κ2) is 7.62. The maximum Gasteiger partial charge on any atom is 0.351 e. The number of carbonyl (C=O) groups is 1. The Kier molecular flexibility index (Phi) is 5.30. The Balaban J connectivity index is 1.68. The molecule has 0 radical (unpaired) electrons. The molecule has 1 aromatic carbocycles. The maximum absolute atomic E-state index is 11.6. The molecule has 1 N–H and O–H groups in total. The first kappa shape index (κ1) is 17.4.